The number of fused-ring (bicyclic) bond motifs is 2. The van der Waals surface area contributed by atoms with Crippen LogP contribution in [0.3, 0.4) is 0 Å². The van der Waals surface area contributed by atoms with Crippen LogP contribution in [0.5, 0.6) is 11.6 Å². The Morgan fingerprint density at radius 3 is 2.68 bits per heavy atom. The number of aromatic nitrogens is 2. The highest BCUT2D eigenvalue weighted by Gasteiger charge is 2.31. The molecule has 0 amide bonds. The minimum absolute atomic E-state index is 0.494. The van der Waals surface area contributed by atoms with Crippen molar-refractivity contribution in [1.82, 2.24) is 14.9 Å². The molecule has 2 aromatic heterocycles. The minimum Gasteiger partial charge on any atom is -0.491 e. The Kier molecular flexibility index (Phi) is 4.75. The molecule has 0 aromatic carbocycles. The van der Waals surface area contributed by atoms with Crippen molar-refractivity contribution in [1.29, 1.82) is 0 Å². The maximum absolute atomic E-state index is 5.48. The lowest BCUT2D eigenvalue weighted by Gasteiger charge is -2.22. The van der Waals surface area contributed by atoms with E-state index in [9.17, 15) is 0 Å². The summed E-state index contributed by atoms with van der Waals surface area (Å²) in [5, 5.41) is 3.91. The van der Waals surface area contributed by atoms with Crippen LogP contribution in [-0.2, 0) is 12.8 Å². The van der Waals surface area contributed by atoms with Crippen molar-refractivity contribution in [2.75, 3.05) is 32.6 Å². The first-order chi connectivity index (χ1) is 13.8. The lowest BCUT2D eigenvalue weighted by molar-refractivity contribution is 0.274. The van der Waals surface area contributed by atoms with E-state index in [-0.39, 0.29) is 0 Å². The van der Waals surface area contributed by atoms with E-state index in [1.807, 2.05) is 6.07 Å². The van der Waals surface area contributed by atoms with Crippen LogP contribution < -0.4 is 14.8 Å². The molecule has 1 atom stereocenters. The van der Waals surface area contributed by atoms with E-state index in [0.29, 0.717) is 17.7 Å². The Morgan fingerprint density at radius 2 is 1.89 bits per heavy atom. The summed E-state index contributed by atoms with van der Waals surface area (Å²) in [7, 11) is 3.29. The molecule has 5 rings (SSSR count). The van der Waals surface area contributed by atoms with E-state index in [4.69, 9.17) is 19.4 Å². The van der Waals surface area contributed by atoms with E-state index in [1.165, 1.54) is 68.6 Å². The molecule has 0 radical (unpaired) electrons. The average molecular weight is 383 g/mol. The highest BCUT2D eigenvalue weighted by atomic mass is 16.5. The molecule has 2 aromatic rings. The maximum atomic E-state index is 5.48. The van der Waals surface area contributed by atoms with Crippen molar-refractivity contribution in [2.24, 2.45) is 0 Å². The molecule has 0 unspecified atom stereocenters. The Bertz CT molecular complexity index is 881. The van der Waals surface area contributed by atoms with Crippen LogP contribution in [-0.4, -0.2) is 54.3 Å². The number of anilines is 1. The Labute approximate surface area is 166 Å². The molecule has 150 valence electrons. The zero-order valence-corrected chi connectivity index (χ0v) is 17.0. The third-order valence-electron chi connectivity index (χ3n) is 6.50. The van der Waals surface area contributed by atoms with Crippen LogP contribution in [0.1, 0.15) is 49.8 Å². The monoisotopic (exact) mass is 382 g/mol. The normalized spacial score (nSPS) is 22.7. The van der Waals surface area contributed by atoms with Gasteiger partial charge in [-0.3, -0.25) is 4.98 Å². The first-order valence-electron chi connectivity index (χ1n) is 10.7. The number of hydrogen-bond acceptors (Lipinski definition) is 6. The molecule has 6 nitrogen and oxygen atoms in total. The van der Waals surface area contributed by atoms with Crippen LogP contribution >= 0.6 is 0 Å². The second kappa shape index (κ2) is 7.39. The van der Waals surface area contributed by atoms with Crippen molar-refractivity contribution >= 4 is 16.7 Å². The van der Waals surface area contributed by atoms with Crippen LogP contribution in [0.25, 0.3) is 11.0 Å². The number of aryl methyl sites for hydroxylation is 1. The number of ether oxygens (including phenoxy) is 2. The SMILES string of the molecule is COc1cc2nc3c(c(N[C@@H]4CCCN(C5CC5)CC4)c2nc1OC)CCC3. The molecular weight excluding hydrogens is 352 g/mol. The van der Waals surface area contributed by atoms with Gasteiger partial charge in [-0.2, -0.15) is 0 Å². The number of nitrogens with zero attached hydrogens (tertiary/aromatic N) is 3. The standard InChI is InChI=1S/C22H30N4O2/c1-27-19-13-18-21(25-22(19)28-2)20(16-6-3-7-17(16)24-18)23-14-5-4-11-26(12-10-14)15-8-9-15/h13-15H,3-12H2,1-2H3,(H,23,24)/t14-/m1/s1. The predicted molar refractivity (Wildman–Crippen MR) is 111 cm³/mol. The lowest BCUT2D eigenvalue weighted by atomic mass is 10.1. The van der Waals surface area contributed by atoms with Gasteiger partial charge in [0.25, 0.3) is 5.88 Å². The number of methoxy groups -OCH3 is 2. The smallest absolute Gasteiger partial charge is 0.257 e. The van der Waals surface area contributed by atoms with Gasteiger partial charge in [-0.25, -0.2) is 4.98 Å². The van der Waals surface area contributed by atoms with Crippen molar-refractivity contribution in [3.8, 4) is 11.6 Å². The zero-order valence-electron chi connectivity index (χ0n) is 17.0. The van der Waals surface area contributed by atoms with Crippen LogP contribution in [0.2, 0.25) is 0 Å². The Morgan fingerprint density at radius 1 is 1.00 bits per heavy atom. The van der Waals surface area contributed by atoms with Crippen LogP contribution in [0.4, 0.5) is 5.69 Å². The van der Waals surface area contributed by atoms with Gasteiger partial charge in [0.1, 0.15) is 5.52 Å². The fraction of sp³-hybridized carbons (Fsp3) is 0.636. The van der Waals surface area contributed by atoms with Crippen molar-refractivity contribution < 1.29 is 9.47 Å². The second-order valence-electron chi connectivity index (χ2n) is 8.37. The van der Waals surface area contributed by atoms with Gasteiger partial charge in [-0.15, -0.1) is 0 Å². The summed E-state index contributed by atoms with van der Waals surface area (Å²) < 4.78 is 10.9. The zero-order chi connectivity index (χ0) is 19.1. The molecule has 1 aliphatic heterocycles. The van der Waals surface area contributed by atoms with Crippen LogP contribution in [0.15, 0.2) is 6.07 Å². The van der Waals surface area contributed by atoms with Gasteiger partial charge in [0, 0.05) is 30.4 Å². The third kappa shape index (κ3) is 3.28. The molecule has 1 N–H and O–H groups in total. The van der Waals surface area contributed by atoms with Crippen LogP contribution in [0, 0.1) is 0 Å². The van der Waals surface area contributed by atoms with E-state index < -0.39 is 0 Å². The molecule has 2 aliphatic carbocycles. The van der Waals surface area contributed by atoms with E-state index in [2.05, 4.69) is 10.2 Å². The summed E-state index contributed by atoms with van der Waals surface area (Å²) in [4.78, 5) is 12.4. The highest BCUT2D eigenvalue weighted by molar-refractivity contribution is 5.92. The average Bonchev–Trinajstić information content (AvgIpc) is 3.49. The summed E-state index contributed by atoms with van der Waals surface area (Å²) in [6, 6.07) is 3.32. The molecule has 0 spiro atoms. The molecule has 1 saturated carbocycles. The van der Waals surface area contributed by atoms with E-state index in [1.54, 1.807) is 14.2 Å². The molecular formula is C22H30N4O2. The summed E-state index contributed by atoms with van der Waals surface area (Å²) in [6.45, 7) is 2.46. The Hall–Kier alpha value is -2.08. The van der Waals surface area contributed by atoms with Gasteiger partial charge in [0.2, 0.25) is 0 Å². The quantitative estimate of drug-likeness (QED) is 0.853. The summed E-state index contributed by atoms with van der Waals surface area (Å²) in [6.07, 6.45) is 9.77. The van der Waals surface area contributed by atoms with Crippen molar-refractivity contribution in [3.05, 3.63) is 17.3 Å². The van der Waals surface area contributed by atoms with Gasteiger partial charge in [0.05, 0.1) is 25.4 Å². The summed E-state index contributed by atoms with van der Waals surface area (Å²) in [5.41, 5.74) is 5.58. The first kappa shape index (κ1) is 18.0. The lowest BCUT2D eigenvalue weighted by Crippen LogP contribution is -2.28. The fourth-order valence-corrected chi connectivity index (χ4v) is 4.87. The molecule has 2 fully saturated rings. The van der Waals surface area contributed by atoms with Gasteiger partial charge < -0.3 is 19.7 Å². The highest BCUT2D eigenvalue weighted by Crippen LogP contribution is 2.38. The predicted octanol–water partition coefficient (Wildman–Crippen LogP) is 3.56. The van der Waals surface area contributed by atoms with Crippen molar-refractivity contribution in [3.63, 3.8) is 0 Å². The first-order valence-corrected chi connectivity index (χ1v) is 10.7. The second-order valence-corrected chi connectivity index (χ2v) is 8.37. The summed E-state index contributed by atoms with van der Waals surface area (Å²) in [5.74, 6) is 1.17. The topological polar surface area (TPSA) is 59.5 Å². The van der Waals surface area contributed by atoms with E-state index in [0.717, 1.165) is 29.9 Å². The summed E-state index contributed by atoms with van der Waals surface area (Å²) >= 11 is 0. The number of hydrogen-bond donors (Lipinski definition) is 1. The van der Waals surface area contributed by atoms with E-state index >= 15 is 0 Å². The minimum atomic E-state index is 0.494. The van der Waals surface area contributed by atoms with Gasteiger partial charge in [-0.05, 0) is 63.5 Å². The largest absolute Gasteiger partial charge is 0.491 e. The number of nitrogens with one attached hydrogen (secondary N) is 1. The fourth-order valence-electron chi connectivity index (χ4n) is 4.87. The number of rotatable bonds is 5. The van der Waals surface area contributed by atoms with Gasteiger partial charge >= 0.3 is 0 Å². The number of likely N-dealkylation sites (tertiary alicyclic amines) is 1. The molecule has 3 heterocycles. The van der Waals surface area contributed by atoms with Gasteiger partial charge in [-0.1, -0.05) is 0 Å². The third-order valence-corrected chi connectivity index (χ3v) is 6.50. The molecule has 0 bridgehead atoms. The maximum Gasteiger partial charge on any atom is 0.257 e. The molecule has 3 aliphatic rings. The van der Waals surface area contributed by atoms with Gasteiger partial charge in [0.15, 0.2) is 5.75 Å². The molecule has 6 heteroatoms. The number of pyridine rings is 2. The van der Waals surface area contributed by atoms with Crippen molar-refractivity contribution in [2.45, 2.75) is 63.5 Å². The molecule has 1 saturated heterocycles. The molecule has 28 heavy (non-hydrogen) atoms. The Balaban J connectivity index is 1.50.